The largest absolute Gasteiger partial charge is 0.497 e. The normalized spacial score (nSPS) is 12.5. The molecule has 3 rings (SSSR count). The van der Waals surface area contributed by atoms with Crippen molar-refractivity contribution >= 4 is 26.7 Å². The van der Waals surface area contributed by atoms with Crippen LogP contribution in [0.1, 0.15) is 23.6 Å². The van der Waals surface area contributed by atoms with E-state index in [1.807, 2.05) is 42.5 Å². The molecule has 29 heavy (non-hydrogen) atoms. The van der Waals surface area contributed by atoms with Crippen LogP contribution in [0.4, 0.5) is 0 Å². The van der Waals surface area contributed by atoms with Crippen LogP contribution in [0, 0.1) is 0 Å². The van der Waals surface area contributed by atoms with E-state index in [9.17, 15) is 13.2 Å². The first-order valence-electron chi connectivity index (χ1n) is 9.20. The van der Waals surface area contributed by atoms with Crippen molar-refractivity contribution in [3.8, 4) is 5.75 Å². The lowest BCUT2D eigenvalue weighted by molar-refractivity contribution is -0.121. The van der Waals surface area contributed by atoms with E-state index in [1.54, 1.807) is 31.4 Å². The van der Waals surface area contributed by atoms with E-state index in [2.05, 4.69) is 10.0 Å². The summed E-state index contributed by atoms with van der Waals surface area (Å²) < 4.78 is 31.2. The summed E-state index contributed by atoms with van der Waals surface area (Å²) in [5.41, 5.74) is 1.70. The van der Waals surface area contributed by atoms with Gasteiger partial charge in [-0.3, -0.25) is 4.79 Å². The highest BCUT2D eigenvalue weighted by Crippen LogP contribution is 2.22. The van der Waals surface area contributed by atoms with E-state index in [0.717, 1.165) is 22.6 Å². The Hall–Kier alpha value is -2.90. The van der Waals surface area contributed by atoms with E-state index in [4.69, 9.17) is 4.74 Å². The molecule has 0 radical (unpaired) electrons. The highest BCUT2D eigenvalue weighted by atomic mass is 32.2. The van der Waals surface area contributed by atoms with Gasteiger partial charge >= 0.3 is 0 Å². The zero-order valence-corrected chi connectivity index (χ0v) is 17.2. The fourth-order valence-electron chi connectivity index (χ4n) is 3.22. The molecule has 6 nitrogen and oxygen atoms in total. The first-order chi connectivity index (χ1) is 13.9. The summed E-state index contributed by atoms with van der Waals surface area (Å²) in [5.74, 6) is 0.419. The van der Waals surface area contributed by atoms with Crippen LogP contribution in [0.3, 0.4) is 0 Å². The van der Waals surface area contributed by atoms with E-state index in [1.165, 1.54) is 0 Å². The minimum atomic E-state index is -3.49. The maximum Gasteiger partial charge on any atom is 0.222 e. The number of hydrogen-bond acceptors (Lipinski definition) is 4. The van der Waals surface area contributed by atoms with Crippen LogP contribution in [0.2, 0.25) is 0 Å². The Kier molecular flexibility index (Phi) is 6.51. The van der Waals surface area contributed by atoms with Crippen molar-refractivity contribution in [2.45, 2.75) is 19.0 Å². The summed E-state index contributed by atoms with van der Waals surface area (Å²) in [6.45, 7) is 0.369. The van der Waals surface area contributed by atoms with Crippen LogP contribution in [-0.4, -0.2) is 27.7 Å². The smallest absolute Gasteiger partial charge is 0.222 e. The molecule has 0 fully saturated rings. The predicted molar refractivity (Wildman–Crippen MR) is 114 cm³/mol. The second-order valence-corrected chi connectivity index (χ2v) is 8.61. The fraction of sp³-hybridized carbons (Fsp3) is 0.227. The van der Waals surface area contributed by atoms with E-state index >= 15 is 0 Å². The molecule has 0 aliphatic carbocycles. The number of fused-ring (bicyclic) bond motifs is 1. The Bertz CT molecular complexity index is 1090. The molecular formula is C22H24N2O4S. The highest BCUT2D eigenvalue weighted by molar-refractivity contribution is 7.88. The lowest BCUT2D eigenvalue weighted by Crippen LogP contribution is -2.33. The minimum Gasteiger partial charge on any atom is -0.497 e. The molecule has 1 amide bonds. The summed E-state index contributed by atoms with van der Waals surface area (Å²) in [6, 6.07) is 20.2. The Labute approximate surface area is 170 Å². The molecule has 1 atom stereocenters. The molecule has 7 heteroatoms. The van der Waals surface area contributed by atoms with Crippen LogP contribution < -0.4 is 14.8 Å². The Morgan fingerprint density at radius 2 is 1.69 bits per heavy atom. The van der Waals surface area contributed by atoms with Crippen LogP contribution >= 0.6 is 0 Å². The van der Waals surface area contributed by atoms with E-state index in [0.29, 0.717) is 17.9 Å². The number of amides is 1. The highest BCUT2D eigenvalue weighted by Gasteiger charge is 2.20. The van der Waals surface area contributed by atoms with Gasteiger partial charge in [-0.2, -0.15) is 0 Å². The summed E-state index contributed by atoms with van der Waals surface area (Å²) >= 11 is 0. The monoisotopic (exact) mass is 412 g/mol. The molecule has 0 unspecified atom stereocenters. The summed E-state index contributed by atoms with van der Waals surface area (Å²) in [5, 5.41) is 5.09. The molecule has 0 saturated heterocycles. The first kappa shape index (κ1) is 20.8. The average molecular weight is 413 g/mol. The second-order valence-electron chi connectivity index (χ2n) is 6.83. The number of sulfonamides is 1. The zero-order valence-electron chi connectivity index (χ0n) is 16.4. The zero-order chi connectivity index (χ0) is 20.9. The van der Waals surface area contributed by atoms with Crippen LogP contribution in [0.5, 0.6) is 5.75 Å². The topological polar surface area (TPSA) is 84.5 Å². The van der Waals surface area contributed by atoms with E-state index in [-0.39, 0.29) is 12.3 Å². The van der Waals surface area contributed by atoms with Crippen molar-refractivity contribution in [1.29, 1.82) is 0 Å². The average Bonchev–Trinajstić information content (AvgIpc) is 2.71. The predicted octanol–water partition coefficient (Wildman–Crippen LogP) is 3.15. The van der Waals surface area contributed by atoms with Gasteiger partial charge in [0.05, 0.1) is 19.4 Å². The van der Waals surface area contributed by atoms with E-state index < -0.39 is 16.1 Å². The van der Waals surface area contributed by atoms with Crippen LogP contribution in [-0.2, 0) is 21.4 Å². The summed E-state index contributed by atoms with van der Waals surface area (Å²) in [4.78, 5) is 12.6. The van der Waals surface area contributed by atoms with Gasteiger partial charge < -0.3 is 10.1 Å². The van der Waals surface area contributed by atoms with Gasteiger partial charge in [-0.25, -0.2) is 13.1 Å². The molecule has 3 aromatic rings. The van der Waals surface area contributed by atoms with Gasteiger partial charge in [-0.15, -0.1) is 0 Å². The van der Waals surface area contributed by atoms with Gasteiger partial charge in [0.25, 0.3) is 0 Å². The number of methoxy groups -OCH3 is 1. The number of nitrogens with one attached hydrogen (secondary N) is 2. The van der Waals surface area contributed by atoms with Crippen LogP contribution in [0.15, 0.2) is 66.7 Å². The molecule has 0 saturated carbocycles. The lowest BCUT2D eigenvalue weighted by Gasteiger charge is -2.18. The Balaban J connectivity index is 1.72. The summed E-state index contributed by atoms with van der Waals surface area (Å²) in [6.07, 6.45) is 1.07. The maximum atomic E-state index is 12.6. The third-order valence-corrected chi connectivity index (χ3v) is 5.33. The molecular weight excluding hydrogens is 388 g/mol. The van der Waals surface area contributed by atoms with Gasteiger partial charge in [-0.05, 0) is 34.0 Å². The number of hydrogen-bond donors (Lipinski definition) is 2. The number of rotatable bonds is 8. The fourth-order valence-corrected chi connectivity index (χ4v) is 3.96. The minimum absolute atomic E-state index is 0.00976. The second kappa shape index (κ2) is 9.07. The van der Waals surface area contributed by atoms with Gasteiger partial charge in [0.15, 0.2) is 0 Å². The van der Waals surface area contributed by atoms with Crippen molar-refractivity contribution in [1.82, 2.24) is 10.0 Å². The standard InChI is InChI=1S/C22H24N2O4S/c1-28-19-12-10-17(11-13-19)21(24-29(2,26)27)14-22(25)23-15-18-8-5-7-16-6-3-4-9-20(16)18/h3-13,21,24H,14-15H2,1-2H3,(H,23,25)/t21-/m1/s1. The molecule has 0 heterocycles. The molecule has 0 aromatic heterocycles. The summed E-state index contributed by atoms with van der Waals surface area (Å²) in [7, 11) is -1.93. The van der Waals surface area contributed by atoms with Gasteiger partial charge in [0, 0.05) is 13.0 Å². The molecule has 0 bridgehead atoms. The molecule has 0 aliphatic rings. The number of ether oxygens (including phenoxy) is 1. The van der Waals surface area contributed by atoms with Crippen molar-refractivity contribution in [2.24, 2.45) is 0 Å². The van der Waals surface area contributed by atoms with Crippen molar-refractivity contribution in [3.63, 3.8) is 0 Å². The van der Waals surface area contributed by atoms with Gasteiger partial charge in [-0.1, -0.05) is 54.6 Å². The first-order valence-corrected chi connectivity index (χ1v) is 11.1. The molecule has 0 aliphatic heterocycles. The van der Waals surface area contributed by atoms with Crippen LogP contribution in [0.25, 0.3) is 10.8 Å². The molecule has 0 spiro atoms. The maximum absolute atomic E-state index is 12.6. The lowest BCUT2D eigenvalue weighted by atomic mass is 10.0. The van der Waals surface area contributed by atoms with Crippen molar-refractivity contribution in [3.05, 3.63) is 77.9 Å². The van der Waals surface area contributed by atoms with Crippen molar-refractivity contribution < 1.29 is 17.9 Å². The van der Waals surface area contributed by atoms with Gasteiger partial charge in [0.1, 0.15) is 5.75 Å². The SMILES string of the molecule is COc1ccc([C@@H](CC(=O)NCc2cccc3ccccc23)NS(C)(=O)=O)cc1. The Morgan fingerprint density at radius 1 is 1.00 bits per heavy atom. The molecule has 152 valence electrons. The molecule has 3 aromatic carbocycles. The number of carbonyl (C=O) groups excluding carboxylic acids is 1. The third kappa shape index (κ3) is 5.79. The van der Waals surface area contributed by atoms with Gasteiger partial charge in [0.2, 0.25) is 15.9 Å². The third-order valence-electron chi connectivity index (χ3n) is 4.62. The number of carbonyl (C=O) groups is 1. The Morgan fingerprint density at radius 3 is 2.38 bits per heavy atom. The quantitative estimate of drug-likeness (QED) is 0.595. The number of benzene rings is 3. The molecule has 2 N–H and O–H groups in total. The van der Waals surface area contributed by atoms with Crippen molar-refractivity contribution in [2.75, 3.05) is 13.4 Å².